The van der Waals surface area contributed by atoms with E-state index in [1.54, 1.807) is 24.3 Å². The minimum absolute atomic E-state index is 0.153. The molecule has 0 aliphatic heterocycles. The average Bonchev–Trinajstić information content (AvgIpc) is 2.98. The second-order valence-corrected chi connectivity index (χ2v) is 5.89. The van der Waals surface area contributed by atoms with Gasteiger partial charge < -0.3 is 10.5 Å². The highest BCUT2D eigenvalue weighted by atomic mass is 32.1. The number of nitrogens with two attached hydrogens (primary N) is 1. The number of primary amides is 1. The van der Waals surface area contributed by atoms with E-state index in [0.717, 1.165) is 24.3 Å². The first-order valence-corrected chi connectivity index (χ1v) is 8.05. The summed E-state index contributed by atoms with van der Waals surface area (Å²) in [4.78, 5) is 22.8. The zero-order valence-electron chi connectivity index (χ0n) is 12.7. The summed E-state index contributed by atoms with van der Waals surface area (Å²) in [6, 6.07) is 6.25. The SMILES string of the molecule is CCCCc1nnc(NC(=O)COc2ccc(C(N)=O)cc2)s1. The normalized spacial score (nSPS) is 10.3. The number of nitrogens with zero attached hydrogens (tertiary/aromatic N) is 2. The molecule has 0 aliphatic carbocycles. The van der Waals surface area contributed by atoms with Crippen molar-refractivity contribution in [3.05, 3.63) is 34.8 Å². The molecule has 2 aromatic rings. The minimum Gasteiger partial charge on any atom is -0.484 e. The number of aryl methyl sites for hydroxylation is 1. The minimum atomic E-state index is -0.510. The fraction of sp³-hybridized carbons (Fsp3) is 0.333. The van der Waals surface area contributed by atoms with Crippen LogP contribution in [-0.2, 0) is 11.2 Å². The van der Waals surface area contributed by atoms with Crippen LogP contribution in [0.5, 0.6) is 5.75 Å². The van der Waals surface area contributed by atoms with Gasteiger partial charge in [0.15, 0.2) is 6.61 Å². The zero-order chi connectivity index (χ0) is 16.7. The van der Waals surface area contributed by atoms with Crippen molar-refractivity contribution in [2.24, 2.45) is 5.73 Å². The van der Waals surface area contributed by atoms with E-state index in [2.05, 4.69) is 22.4 Å². The van der Waals surface area contributed by atoms with Crippen molar-refractivity contribution in [1.82, 2.24) is 10.2 Å². The fourth-order valence-electron chi connectivity index (χ4n) is 1.75. The van der Waals surface area contributed by atoms with Gasteiger partial charge in [-0.1, -0.05) is 24.7 Å². The highest BCUT2D eigenvalue weighted by Gasteiger charge is 2.09. The van der Waals surface area contributed by atoms with Gasteiger partial charge in [-0.2, -0.15) is 0 Å². The molecule has 0 saturated carbocycles. The topological polar surface area (TPSA) is 107 Å². The number of benzene rings is 1. The third kappa shape index (κ3) is 5.33. The third-order valence-corrected chi connectivity index (χ3v) is 3.86. The molecule has 7 nitrogen and oxygen atoms in total. The summed E-state index contributed by atoms with van der Waals surface area (Å²) in [5.41, 5.74) is 5.53. The number of ether oxygens (including phenoxy) is 1. The number of hydrogen-bond acceptors (Lipinski definition) is 6. The number of unbranched alkanes of at least 4 members (excludes halogenated alkanes) is 1. The molecule has 0 atom stereocenters. The van der Waals surface area contributed by atoms with E-state index in [0.29, 0.717) is 16.4 Å². The van der Waals surface area contributed by atoms with Gasteiger partial charge in [0, 0.05) is 12.0 Å². The number of hydrogen-bond donors (Lipinski definition) is 2. The molecule has 0 spiro atoms. The van der Waals surface area contributed by atoms with Crippen molar-refractivity contribution in [3.8, 4) is 5.75 Å². The quantitative estimate of drug-likeness (QED) is 0.768. The summed E-state index contributed by atoms with van der Waals surface area (Å²) in [6.07, 6.45) is 3.00. The van der Waals surface area contributed by atoms with Crippen LogP contribution in [-0.4, -0.2) is 28.6 Å². The molecule has 0 bridgehead atoms. The summed E-state index contributed by atoms with van der Waals surface area (Å²) in [5, 5.41) is 12.0. The lowest BCUT2D eigenvalue weighted by molar-refractivity contribution is -0.118. The highest BCUT2D eigenvalue weighted by molar-refractivity contribution is 7.15. The molecule has 1 aromatic carbocycles. The van der Waals surface area contributed by atoms with E-state index in [1.807, 2.05) is 0 Å². The van der Waals surface area contributed by atoms with E-state index in [-0.39, 0.29) is 12.5 Å². The number of carbonyl (C=O) groups is 2. The van der Waals surface area contributed by atoms with Gasteiger partial charge in [0.05, 0.1) is 0 Å². The van der Waals surface area contributed by atoms with Gasteiger partial charge in [-0.15, -0.1) is 10.2 Å². The van der Waals surface area contributed by atoms with Gasteiger partial charge in [0.1, 0.15) is 10.8 Å². The Hall–Kier alpha value is -2.48. The van der Waals surface area contributed by atoms with Crippen molar-refractivity contribution in [3.63, 3.8) is 0 Å². The lowest BCUT2D eigenvalue weighted by Gasteiger charge is -2.05. The van der Waals surface area contributed by atoms with Crippen LogP contribution in [0.4, 0.5) is 5.13 Å². The summed E-state index contributed by atoms with van der Waals surface area (Å²) in [5.74, 6) is -0.349. The fourth-order valence-corrected chi connectivity index (χ4v) is 2.55. The molecule has 0 aliphatic rings. The van der Waals surface area contributed by atoms with Gasteiger partial charge in [-0.05, 0) is 30.7 Å². The van der Waals surface area contributed by atoms with E-state index in [4.69, 9.17) is 10.5 Å². The molecule has 0 saturated heterocycles. The zero-order valence-corrected chi connectivity index (χ0v) is 13.6. The van der Waals surface area contributed by atoms with Crippen LogP contribution >= 0.6 is 11.3 Å². The van der Waals surface area contributed by atoms with E-state index >= 15 is 0 Å². The van der Waals surface area contributed by atoms with Gasteiger partial charge >= 0.3 is 0 Å². The van der Waals surface area contributed by atoms with Crippen LogP contribution in [0.1, 0.15) is 35.1 Å². The molecule has 1 heterocycles. The van der Waals surface area contributed by atoms with Gasteiger partial charge in [-0.3, -0.25) is 14.9 Å². The van der Waals surface area contributed by atoms with Crippen LogP contribution in [0.3, 0.4) is 0 Å². The molecule has 1 aromatic heterocycles. The first kappa shape index (κ1) is 16.9. The Bertz CT molecular complexity index is 670. The molecular formula is C15H18N4O3S. The lowest BCUT2D eigenvalue weighted by Crippen LogP contribution is -2.20. The summed E-state index contributed by atoms with van der Waals surface area (Å²) >= 11 is 1.37. The van der Waals surface area contributed by atoms with Crippen LogP contribution in [0.15, 0.2) is 24.3 Å². The smallest absolute Gasteiger partial charge is 0.264 e. The number of nitrogens with one attached hydrogen (secondary N) is 1. The standard InChI is InChI=1S/C15H18N4O3S/c1-2-3-4-13-18-19-15(23-13)17-12(20)9-22-11-7-5-10(6-8-11)14(16)21/h5-8H,2-4,9H2,1H3,(H2,16,21)(H,17,19,20). The number of rotatable bonds is 8. The molecule has 8 heteroatoms. The molecule has 0 unspecified atom stereocenters. The third-order valence-electron chi connectivity index (χ3n) is 2.97. The lowest BCUT2D eigenvalue weighted by atomic mass is 10.2. The Labute approximate surface area is 137 Å². The first-order chi connectivity index (χ1) is 11.1. The second kappa shape index (κ2) is 8.23. The molecule has 3 N–H and O–H groups in total. The van der Waals surface area contributed by atoms with Gasteiger partial charge in [0.2, 0.25) is 11.0 Å². The molecule has 23 heavy (non-hydrogen) atoms. The molecule has 2 rings (SSSR count). The summed E-state index contributed by atoms with van der Waals surface area (Å²) in [7, 11) is 0. The van der Waals surface area contributed by atoms with Crippen LogP contribution in [0.2, 0.25) is 0 Å². The predicted octanol–water partition coefficient (Wildman–Crippen LogP) is 2.00. The van der Waals surface area contributed by atoms with Gasteiger partial charge in [-0.25, -0.2) is 0 Å². The second-order valence-electron chi connectivity index (χ2n) is 4.83. The maximum Gasteiger partial charge on any atom is 0.264 e. The molecule has 0 radical (unpaired) electrons. The Kier molecular flexibility index (Phi) is 6.04. The van der Waals surface area contributed by atoms with Crippen molar-refractivity contribution in [2.45, 2.75) is 26.2 Å². The Morgan fingerprint density at radius 2 is 2.00 bits per heavy atom. The van der Waals surface area contributed by atoms with Gasteiger partial charge in [0.25, 0.3) is 5.91 Å². The summed E-state index contributed by atoms with van der Waals surface area (Å²) < 4.78 is 5.34. The van der Waals surface area contributed by atoms with Crippen LogP contribution in [0, 0.1) is 0 Å². The maximum atomic E-state index is 11.8. The number of amides is 2. The van der Waals surface area contributed by atoms with E-state index < -0.39 is 5.91 Å². The largest absolute Gasteiger partial charge is 0.484 e. The predicted molar refractivity (Wildman–Crippen MR) is 87.6 cm³/mol. The number of anilines is 1. The molecule has 122 valence electrons. The average molecular weight is 334 g/mol. The number of aromatic nitrogens is 2. The molecule has 2 amide bonds. The Morgan fingerprint density at radius 1 is 1.26 bits per heavy atom. The molecular weight excluding hydrogens is 316 g/mol. The van der Waals surface area contributed by atoms with Crippen molar-refractivity contribution >= 4 is 28.3 Å². The van der Waals surface area contributed by atoms with Crippen molar-refractivity contribution in [1.29, 1.82) is 0 Å². The monoisotopic (exact) mass is 334 g/mol. The van der Waals surface area contributed by atoms with E-state index in [9.17, 15) is 9.59 Å². The maximum absolute atomic E-state index is 11.8. The Balaban J connectivity index is 1.80. The first-order valence-electron chi connectivity index (χ1n) is 7.23. The van der Waals surface area contributed by atoms with E-state index in [1.165, 1.54) is 11.3 Å². The van der Waals surface area contributed by atoms with Crippen LogP contribution in [0.25, 0.3) is 0 Å². The summed E-state index contributed by atoms with van der Waals surface area (Å²) in [6.45, 7) is 1.96. The van der Waals surface area contributed by atoms with Crippen LogP contribution < -0.4 is 15.8 Å². The van der Waals surface area contributed by atoms with Crippen molar-refractivity contribution < 1.29 is 14.3 Å². The van der Waals surface area contributed by atoms with Crippen molar-refractivity contribution in [2.75, 3.05) is 11.9 Å². The number of carbonyl (C=O) groups excluding carboxylic acids is 2. The molecule has 0 fully saturated rings. The highest BCUT2D eigenvalue weighted by Crippen LogP contribution is 2.17. The Morgan fingerprint density at radius 3 is 2.65 bits per heavy atom.